The maximum atomic E-state index is 8.82. The van der Waals surface area contributed by atoms with Crippen LogP contribution in [0.25, 0.3) is 0 Å². The second-order valence-corrected chi connectivity index (χ2v) is 4.67. The lowest BCUT2D eigenvalue weighted by atomic mass is 10.3. The van der Waals surface area contributed by atoms with Crippen molar-refractivity contribution >= 4 is 5.82 Å². The van der Waals surface area contributed by atoms with Crippen molar-refractivity contribution in [2.75, 3.05) is 18.0 Å². The molecule has 2 aromatic heterocycles. The highest BCUT2D eigenvalue weighted by atomic mass is 15.3. The number of rotatable bonds is 2. The minimum Gasteiger partial charge on any atom is -0.354 e. The summed E-state index contributed by atoms with van der Waals surface area (Å²) in [6.07, 6.45) is 6.21. The van der Waals surface area contributed by atoms with Gasteiger partial charge < -0.3 is 4.90 Å². The monoisotopic (exact) mass is 254 g/mol. The van der Waals surface area contributed by atoms with Crippen molar-refractivity contribution in [3.63, 3.8) is 0 Å². The summed E-state index contributed by atoms with van der Waals surface area (Å²) in [4.78, 5) is 10.8. The highest BCUT2D eigenvalue weighted by Crippen LogP contribution is 2.25. The van der Waals surface area contributed by atoms with Crippen molar-refractivity contribution in [1.82, 2.24) is 19.7 Å². The Labute approximate surface area is 111 Å². The summed E-state index contributed by atoms with van der Waals surface area (Å²) in [5.74, 6) is 1.74. The van der Waals surface area contributed by atoms with E-state index in [0.29, 0.717) is 11.6 Å². The second kappa shape index (κ2) is 4.69. The van der Waals surface area contributed by atoms with Crippen LogP contribution in [0.4, 0.5) is 5.82 Å². The van der Waals surface area contributed by atoms with Gasteiger partial charge in [-0.2, -0.15) is 10.4 Å². The Morgan fingerprint density at radius 2 is 2.37 bits per heavy atom. The van der Waals surface area contributed by atoms with Crippen LogP contribution in [0.15, 0.2) is 24.7 Å². The van der Waals surface area contributed by atoms with Gasteiger partial charge in [0.2, 0.25) is 0 Å². The van der Waals surface area contributed by atoms with E-state index in [1.165, 1.54) is 0 Å². The van der Waals surface area contributed by atoms with Gasteiger partial charge in [-0.3, -0.25) is 4.68 Å². The average Bonchev–Trinajstić information content (AvgIpc) is 3.07. The lowest BCUT2D eigenvalue weighted by Gasteiger charge is -2.17. The number of hydrogen-bond donors (Lipinski definition) is 0. The molecule has 0 spiro atoms. The van der Waals surface area contributed by atoms with Crippen LogP contribution >= 0.6 is 0 Å². The minimum atomic E-state index is 0.303. The molecule has 1 aliphatic rings. The van der Waals surface area contributed by atoms with Gasteiger partial charge in [-0.25, -0.2) is 9.97 Å². The fourth-order valence-electron chi connectivity index (χ4n) is 2.38. The molecule has 1 unspecified atom stereocenters. The quantitative estimate of drug-likeness (QED) is 0.808. The van der Waals surface area contributed by atoms with Crippen LogP contribution in [0.2, 0.25) is 0 Å². The molecule has 0 bridgehead atoms. The first kappa shape index (κ1) is 11.7. The van der Waals surface area contributed by atoms with E-state index >= 15 is 0 Å². The van der Waals surface area contributed by atoms with Crippen LogP contribution in [0.3, 0.4) is 0 Å². The van der Waals surface area contributed by atoms with Crippen molar-refractivity contribution in [1.29, 1.82) is 5.26 Å². The van der Waals surface area contributed by atoms with Gasteiger partial charge in [0.25, 0.3) is 0 Å². The maximum Gasteiger partial charge on any atom is 0.132 e. The second-order valence-electron chi connectivity index (χ2n) is 4.67. The topological polar surface area (TPSA) is 70.6 Å². The number of aryl methyl sites for hydroxylation is 1. The predicted molar refractivity (Wildman–Crippen MR) is 69.6 cm³/mol. The van der Waals surface area contributed by atoms with Crippen LogP contribution in [0.5, 0.6) is 0 Å². The Balaban J connectivity index is 1.75. The molecule has 96 valence electrons. The van der Waals surface area contributed by atoms with E-state index in [2.05, 4.69) is 26.0 Å². The zero-order valence-corrected chi connectivity index (χ0v) is 10.7. The van der Waals surface area contributed by atoms with Crippen molar-refractivity contribution in [3.8, 4) is 6.07 Å². The molecule has 0 aromatic carbocycles. The van der Waals surface area contributed by atoms with E-state index in [9.17, 15) is 0 Å². The highest BCUT2D eigenvalue weighted by molar-refractivity contribution is 5.39. The lowest BCUT2D eigenvalue weighted by molar-refractivity contribution is 0.494. The summed E-state index contributed by atoms with van der Waals surface area (Å²) in [6, 6.07) is 4.34. The third kappa shape index (κ3) is 2.27. The lowest BCUT2D eigenvalue weighted by Crippen LogP contribution is -2.22. The first-order chi connectivity index (χ1) is 9.26. The number of anilines is 1. The third-order valence-electron chi connectivity index (χ3n) is 3.35. The Morgan fingerprint density at radius 3 is 3.11 bits per heavy atom. The Kier molecular flexibility index (Phi) is 2.88. The molecule has 0 amide bonds. The fraction of sp³-hybridized carbons (Fsp3) is 0.385. The van der Waals surface area contributed by atoms with E-state index in [1.54, 1.807) is 18.6 Å². The molecule has 1 saturated heterocycles. The summed E-state index contributed by atoms with van der Waals surface area (Å²) >= 11 is 0. The van der Waals surface area contributed by atoms with Crippen LogP contribution in [0, 0.1) is 18.3 Å². The standard InChI is InChI=1S/C13H14N6/c1-10-15-4-2-13(17-10)18-5-3-12(9-18)19-8-11(6-14)7-16-19/h2,4,7-8,12H,3,5,9H2,1H3. The molecular weight excluding hydrogens is 240 g/mol. The zero-order valence-electron chi connectivity index (χ0n) is 10.7. The van der Waals surface area contributed by atoms with Crippen LogP contribution in [0.1, 0.15) is 23.9 Å². The van der Waals surface area contributed by atoms with Crippen molar-refractivity contribution in [2.45, 2.75) is 19.4 Å². The van der Waals surface area contributed by atoms with Gasteiger partial charge in [0.05, 0.1) is 17.8 Å². The molecule has 3 rings (SSSR count). The smallest absolute Gasteiger partial charge is 0.132 e. The summed E-state index contributed by atoms with van der Waals surface area (Å²) in [5, 5.41) is 13.1. The van der Waals surface area contributed by atoms with Crippen LogP contribution in [-0.2, 0) is 0 Å². The molecule has 1 fully saturated rings. The van der Waals surface area contributed by atoms with Gasteiger partial charge in [0, 0.05) is 25.5 Å². The Morgan fingerprint density at radius 1 is 1.47 bits per heavy atom. The summed E-state index contributed by atoms with van der Waals surface area (Å²) in [6.45, 7) is 3.70. The zero-order chi connectivity index (χ0) is 13.2. The maximum absolute atomic E-state index is 8.82. The van der Waals surface area contributed by atoms with E-state index < -0.39 is 0 Å². The Hall–Kier alpha value is -2.42. The molecule has 0 N–H and O–H groups in total. The summed E-state index contributed by atoms with van der Waals surface area (Å²) in [5.41, 5.74) is 0.608. The molecule has 0 radical (unpaired) electrons. The van der Waals surface area contributed by atoms with Crippen molar-refractivity contribution in [2.24, 2.45) is 0 Å². The first-order valence-electron chi connectivity index (χ1n) is 6.25. The van der Waals surface area contributed by atoms with Gasteiger partial charge in [-0.1, -0.05) is 0 Å². The molecule has 1 atom stereocenters. The van der Waals surface area contributed by atoms with E-state index in [1.807, 2.05) is 17.7 Å². The molecule has 0 saturated carbocycles. The predicted octanol–water partition coefficient (Wildman–Crippen LogP) is 1.30. The van der Waals surface area contributed by atoms with Crippen LogP contribution < -0.4 is 4.90 Å². The van der Waals surface area contributed by atoms with Gasteiger partial charge in [-0.05, 0) is 19.4 Å². The molecule has 6 heteroatoms. The van der Waals surface area contributed by atoms with Crippen LogP contribution in [-0.4, -0.2) is 32.8 Å². The molecule has 1 aliphatic heterocycles. The number of hydrogen-bond acceptors (Lipinski definition) is 5. The highest BCUT2D eigenvalue weighted by Gasteiger charge is 2.25. The number of nitrogens with zero attached hydrogens (tertiary/aromatic N) is 6. The van der Waals surface area contributed by atoms with E-state index in [0.717, 1.165) is 31.2 Å². The number of aromatic nitrogens is 4. The van der Waals surface area contributed by atoms with Gasteiger partial charge in [0.1, 0.15) is 17.7 Å². The Bertz CT molecular complexity index is 626. The number of nitriles is 1. The van der Waals surface area contributed by atoms with E-state index in [4.69, 9.17) is 5.26 Å². The van der Waals surface area contributed by atoms with Gasteiger partial charge in [-0.15, -0.1) is 0 Å². The largest absolute Gasteiger partial charge is 0.354 e. The average molecular weight is 254 g/mol. The van der Waals surface area contributed by atoms with Crippen molar-refractivity contribution < 1.29 is 0 Å². The molecule has 0 aliphatic carbocycles. The van der Waals surface area contributed by atoms with Crippen molar-refractivity contribution in [3.05, 3.63) is 36.0 Å². The molecule has 19 heavy (non-hydrogen) atoms. The van der Waals surface area contributed by atoms with Gasteiger partial charge >= 0.3 is 0 Å². The third-order valence-corrected chi connectivity index (χ3v) is 3.35. The molecule has 6 nitrogen and oxygen atoms in total. The summed E-state index contributed by atoms with van der Waals surface area (Å²) in [7, 11) is 0. The fourth-order valence-corrected chi connectivity index (χ4v) is 2.38. The normalized spacial score (nSPS) is 18.5. The molecule has 2 aromatic rings. The molecule has 3 heterocycles. The van der Waals surface area contributed by atoms with Gasteiger partial charge in [0.15, 0.2) is 0 Å². The SMILES string of the molecule is Cc1nccc(N2CCC(n3cc(C#N)cn3)C2)n1. The minimum absolute atomic E-state index is 0.303. The summed E-state index contributed by atoms with van der Waals surface area (Å²) < 4.78 is 1.88. The molecular formula is C13H14N6. The van der Waals surface area contributed by atoms with E-state index in [-0.39, 0.29) is 0 Å². The first-order valence-corrected chi connectivity index (χ1v) is 6.25.